The molecule has 2 rings (SSSR count). The van der Waals surface area contributed by atoms with Gasteiger partial charge in [0.05, 0.1) is 5.41 Å². The number of hydrogen-bond acceptors (Lipinski definition) is 3. The lowest BCUT2D eigenvalue weighted by atomic mass is 9.75. The summed E-state index contributed by atoms with van der Waals surface area (Å²) in [7, 11) is 0. The SMILES string of the molecule is CC(C)C1(C(=O)N2CCSCC2)CCNC1. The number of nitrogens with zero attached hydrogens (tertiary/aromatic N) is 1. The van der Waals surface area contributed by atoms with Crippen LogP contribution < -0.4 is 5.32 Å². The zero-order chi connectivity index (χ0) is 11.6. The fourth-order valence-electron chi connectivity index (χ4n) is 2.71. The van der Waals surface area contributed by atoms with Gasteiger partial charge in [0.1, 0.15) is 0 Å². The van der Waals surface area contributed by atoms with Gasteiger partial charge >= 0.3 is 0 Å². The topological polar surface area (TPSA) is 32.3 Å². The third kappa shape index (κ3) is 2.09. The van der Waals surface area contributed by atoms with Crippen molar-refractivity contribution in [1.29, 1.82) is 0 Å². The number of carbonyl (C=O) groups is 1. The molecule has 16 heavy (non-hydrogen) atoms. The molecule has 0 saturated carbocycles. The first-order chi connectivity index (χ1) is 7.67. The maximum Gasteiger partial charge on any atom is 0.230 e. The van der Waals surface area contributed by atoms with Crippen molar-refractivity contribution in [1.82, 2.24) is 10.2 Å². The molecular weight excluding hydrogens is 220 g/mol. The van der Waals surface area contributed by atoms with E-state index >= 15 is 0 Å². The van der Waals surface area contributed by atoms with Crippen LogP contribution in [0, 0.1) is 11.3 Å². The average Bonchev–Trinajstić information content (AvgIpc) is 2.79. The fourth-order valence-corrected chi connectivity index (χ4v) is 3.62. The summed E-state index contributed by atoms with van der Waals surface area (Å²) in [6, 6.07) is 0. The van der Waals surface area contributed by atoms with E-state index in [1.807, 2.05) is 11.8 Å². The summed E-state index contributed by atoms with van der Waals surface area (Å²) >= 11 is 1.96. The van der Waals surface area contributed by atoms with E-state index in [0.29, 0.717) is 11.8 Å². The minimum absolute atomic E-state index is 0.123. The van der Waals surface area contributed by atoms with Crippen molar-refractivity contribution < 1.29 is 4.79 Å². The van der Waals surface area contributed by atoms with Crippen LogP contribution in [0.2, 0.25) is 0 Å². The zero-order valence-electron chi connectivity index (χ0n) is 10.3. The molecule has 2 fully saturated rings. The van der Waals surface area contributed by atoms with Gasteiger partial charge < -0.3 is 10.2 Å². The molecule has 1 N–H and O–H groups in total. The second-order valence-electron chi connectivity index (χ2n) is 5.14. The van der Waals surface area contributed by atoms with E-state index in [-0.39, 0.29) is 5.41 Å². The van der Waals surface area contributed by atoms with Gasteiger partial charge in [0, 0.05) is 31.1 Å². The maximum absolute atomic E-state index is 12.6. The standard InChI is InChI=1S/C12H22N2OS/c1-10(2)12(3-4-13-9-12)11(15)14-5-7-16-8-6-14/h10,13H,3-9H2,1-2H3. The first kappa shape index (κ1) is 12.2. The Morgan fingerprint density at radius 3 is 2.56 bits per heavy atom. The van der Waals surface area contributed by atoms with Crippen molar-refractivity contribution in [2.24, 2.45) is 11.3 Å². The van der Waals surface area contributed by atoms with Gasteiger partial charge in [0.25, 0.3) is 0 Å². The highest BCUT2D eigenvalue weighted by Gasteiger charge is 2.46. The fraction of sp³-hybridized carbons (Fsp3) is 0.917. The van der Waals surface area contributed by atoms with Crippen LogP contribution in [0.4, 0.5) is 0 Å². The van der Waals surface area contributed by atoms with E-state index in [0.717, 1.165) is 44.1 Å². The number of thioether (sulfide) groups is 1. The Hall–Kier alpha value is -0.220. The Balaban J connectivity index is 2.10. The van der Waals surface area contributed by atoms with Gasteiger partial charge in [-0.3, -0.25) is 4.79 Å². The molecule has 3 nitrogen and oxygen atoms in total. The zero-order valence-corrected chi connectivity index (χ0v) is 11.1. The van der Waals surface area contributed by atoms with Crippen molar-refractivity contribution in [2.45, 2.75) is 20.3 Å². The van der Waals surface area contributed by atoms with Crippen LogP contribution >= 0.6 is 11.8 Å². The highest BCUT2D eigenvalue weighted by atomic mass is 32.2. The van der Waals surface area contributed by atoms with Crippen LogP contribution in [-0.2, 0) is 4.79 Å². The normalized spacial score (nSPS) is 31.1. The third-order valence-electron chi connectivity index (χ3n) is 4.02. The van der Waals surface area contributed by atoms with Gasteiger partial charge in [0.2, 0.25) is 5.91 Å². The van der Waals surface area contributed by atoms with E-state index in [1.54, 1.807) is 0 Å². The maximum atomic E-state index is 12.6. The van der Waals surface area contributed by atoms with E-state index in [4.69, 9.17) is 0 Å². The van der Waals surface area contributed by atoms with Crippen molar-refractivity contribution >= 4 is 17.7 Å². The second-order valence-corrected chi connectivity index (χ2v) is 6.37. The van der Waals surface area contributed by atoms with Gasteiger partial charge in [-0.05, 0) is 18.9 Å². The molecule has 2 aliphatic heterocycles. The monoisotopic (exact) mass is 242 g/mol. The van der Waals surface area contributed by atoms with E-state index in [2.05, 4.69) is 24.1 Å². The summed E-state index contributed by atoms with van der Waals surface area (Å²) in [6.45, 7) is 8.11. The molecule has 2 heterocycles. The number of nitrogens with one attached hydrogen (secondary N) is 1. The summed E-state index contributed by atoms with van der Waals surface area (Å²) in [5.74, 6) is 3.04. The van der Waals surface area contributed by atoms with Crippen molar-refractivity contribution in [3.63, 3.8) is 0 Å². The lowest BCUT2D eigenvalue weighted by Crippen LogP contribution is -2.50. The molecule has 0 spiro atoms. The van der Waals surface area contributed by atoms with Gasteiger partial charge in [-0.2, -0.15) is 11.8 Å². The van der Waals surface area contributed by atoms with Crippen LogP contribution in [-0.4, -0.2) is 48.5 Å². The minimum Gasteiger partial charge on any atom is -0.341 e. The van der Waals surface area contributed by atoms with E-state index in [9.17, 15) is 4.79 Å². The molecule has 92 valence electrons. The van der Waals surface area contributed by atoms with Crippen LogP contribution in [0.3, 0.4) is 0 Å². The molecule has 0 aromatic carbocycles. The quantitative estimate of drug-likeness (QED) is 0.789. The van der Waals surface area contributed by atoms with Crippen LogP contribution in [0.5, 0.6) is 0 Å². The Morgan fingerprint density at radius 2 is 2.06 bits per heavy atom. The highest BCUT2D eigenvalue weighted by Crippen LogP contribution is 2.36. The highest BCUT2D eigenvalue weighted by molar-refractivity contribution is 7.99. The van der Waals surface area contributed by atoms with Gasteiger partial charge in [0.15, 0.2) is 0 Å². The number of rotatable bonds is 2. The van der Waals surface area contributed by atoms with Crippen molar-refractivity contribution in [3.05, 3.63) is 0 Å². The van der Waals surface area contributed by atoms with E-state index in [1.165, 1.54) is 0 Å². The van der Waals surface area contributed by atoms with Crippen molar-refractivity contribution in [3.8, 4) is 0 Å². The molecule has 2 saturated heterocycles. The lowest BCUT2D eigenvalue weighted by Gasteiger charge is -2.38. The first-order valence-corrected chi connectivity index (χ1v) is 7.40. The van der Waals surface area contributed by atoms with Crippen LogP contribution in [0.25, 0.3) is 0 Å². The summed E-state index contributed by atoms with van der Waals surface area (Å²) in [5.41, 5.74) is -0.123. The van der Waals surface area contributed by atoms with Gasteiger partial charge in [-0.15, -0.1) is 0 Å². The molecular formula is C12H22N2OS. The first-order valence-electron chi connectivity index (χ1n) is 6.25. The molecule has 4 heteroatoms. The summed E-state index contributed by atoms with van der Waals surface area (Å²) in [5, 5.41) is 3.36. The predicted molar refractivity (Wildman–Crippen MR) is 68.7 cm³/mol. The number of carbonyl (C=O) groups excluding carboxylic acids is 1. The third-order valence-corrected chi connectivity index (χ3v) is 4.96. The molecule has 1 amide bonds. The molecule has 0 aromatic heterocycles. The second kappa shape index (κ2) is 4.96. The molecule has 0 aliphatic carbocycles. The summed E-state index contributed by atoms with van der Waals surface area (Å²) in [4.78, 5) is 14.7. The largest absolute Gasteiger partial charge is 0.341 e. The number of amides is 1. The molecule has 0 radical (unpaired) electrons. The summed E-state index contributed by atoms with van der Waals surface area (Å²) in [6.07, 6.45) is 1.01. The summed E-state index contributed by atoms with van der Waals surface area (Å²) < 4.78 is 0. The number of hydrogen-bond donors (Lipinski definition) is 1. The van der Waals surface area contributed by atoms with Crippen molar-refractivity contribution in [2.75, 3.05) is 37.7 Å². The molecule has 1 atom stereocenters. The minimum atomic E-state index is -0.123. The van der Waals surface area contributed by atoms with E-state index < -0.39 is 0 Å². The van der Waals surface area contributed by atoms with Crippen LogP contribution in [0.1, 0.15) is 20.3 Å². The Labute approximate surface area is 102 Å². The Bertz CT molecular complexity index is 256. The Kier molecular flexibility index (Phi) is 3.80. The Morgan fingerprint density at radius 1 is 1.38 bits per heavy atom. The molecule has 0 aromatic rings. The average molecular weight is 242 g/mol. The molecule has 2 aliphatic rings. The smallest absolute Gasteiger partial charge is 0.230 e. The lowest BCUT2D eigenvalue weighted by molar-refractivity contribution is -0.143. The predicted octanol–water partition coefficient (Wildman–Crippen LogP) is 1.20. The van der Waals surface area contributed by atoms with Gasteiger partial charge in [-0.25, -0.2) is 0 Å². The molecule has 0 bridgehead atoms. The molecule has 1 unspecified atom stereocenters. The van der Waals surface area contributed by atoms with Crippen LogP contribution in [0.15, 0.2) is 0 Å². The van der Waals surface area contributed by atoms with Gasteiger partial charge in [-0.1, -0.05) is 13.8 Å².